The smallest absolute Gasteiger partial charge is 0.333 e. The highest BCUT2D eigenvalue weighted by molar-refractivity contribution is 7.75. The highest BCUT2D eigenvalue weighted by atomic mass is 31.2. The first-order chi connectivity index (χ1) is 17.0. The maximum absolute atomic E-state index is 11.7. The Hall–Kier alpha value is -0.360. The standard InChI is InChI=1S/C32H64O2P/c1-6-9-12-15-18-22-27-35(28-23-19-16-13-10-7-2,29-24-20-17-14-11-8-3)30-25-21-26-34-32(33)31(4)5/h4,6-30H2,1-3,5H3/q+1. The molecule has 0 amide bonds. The number of ether oxygens (including phenoxy) is 1. The Kier molecular flexibility index (Phi) is 25.0. The quantitative estimate of drug-likeness (QED) is 0.0474. The Morgan fingerprint density at radius 2 is 0.857 bits per heavy atom. The molecule has 0 aliphatic rings. The second-order valence-electron chi connectivity index (χ2n) is 11.2. The number of hydrogen-bond donors (Lipinski definition) is 0. The van der Waals surface area contributed by atoms with Crippen molar-refractivity contribution in [2.24, 2.45) is 0 Å². The maximum Gasteiger partial charge on any atom is 0.333 e. The number of carbonyl (C=O) groups is 1. The zero-order valence-electron chi connectivity index (χ0n) is 24.6. The molecule has 0 fully saturated rings. The molecule has 0 aliphatic heterocycles. The largest absolute Gasteiger partial charge is 0.462 e. The Morgan fingerprint density at radius 3 is 1.20 bits per heavy atom. The van der Waals surface area contributed by atoms with Crippen LogP contribution in [0.3, 0.4) is 0 Å². The summed E-state index contributed by atoms with van der Waals surface area (Å²) in [5.74, 6) is -0.225. The van der Waals surface area contributed by atoms with E-state index < -0.39 is 7.26 Å². The molecule has 0 rings (SSSR count). The van der Waals surface area contributed by atoms with E-state index in [2.05, 4.69) is 27.4 Å². The van der Waals surface area contributed by atoms with Gasteiger partial charge in [-0.1, -0.05) is 104 Å². The van der Waals surface area contributed by atoms with Gasteiger partial charge >= 0.3 is 5.97 Å². The van der Waals surface area contributed by atoms with Gasteiger partial charge in [0.15, 0.2) is 0 Å². The van der Waals surface area contributed by atoms with Crippen molar-refractivity contribution < 1.29 is 9.53 Å². The molecule has 0 radical (unpaired) electrons. The Labute approximate surface area is 222 Å². The molecule has 0 heterocycles. The van der Waals surface area contributed by atoms with Crippen molar-refractivity contribution in [3.63, 3.8) is 0 Å². The minimum Gasteiger partial charge on any atom is -0.462 e. The number of esters is 1. The Morgan fingerprint density at radius 1 is 0.543 bits per heavy atom. The van der Waals surface area contributed by atoms with Crippen LogP contribution in [0.5, 0.6) is 0 Å². The average molecular weight is 512 g/mol. The predicted octanol–water partition coefficient (Wildman–Crippen LogP) is 11.0. The molecule has 35 heavy (non-hydrogen) atoms. The van der Waals surface area contributed by atoms with E-state index in [1.165, 1.54) is 147 Å². The molecule has 2 nitrogen and oxygen atoms in total. The maximum atomic E-state index is 11.7. The Bertz CT molecular complexity index is 447. The predicted molar refractivity (Wildman–Crippen MR) is 162 cm³/mol. The van der Waals surface area contributed by atoms with Crippen LogP contribution in [0.25, 0.3) is 0 Å². The first kappa shape index (κ1) is 34.6. The van der Waals surface area contributed by atoms with Gasteiger partial charge in [0.25, 0.3) is 0 Å². The van der Waals surface area contributed by atoms with Crippen LogP contribution in [0.4, 0.5) is 0 Å². The molecule has 0 saturated carbocycles. The molecule has 0 unspecified atom stereocenters. The van der Waals surface area contributed by atoms with Crippen LogP contribution in [-0.4, -0.2) is 37.2 Å². The van der Waals surface area contributed by atoms with Crippen molar-refractivity contribution in [1.29, 1.82) is 0 Å². The van der Waals surface area contributed by atoms with E-state index in [1.54, 1.807) is 6.92 Å². The first-order valence-corrected chi connectivity index (χ1v) is 18.2. The third-order valence-corrected chi connectivity index (χ3v) is 12.6. The van der Waals surface area contributed by atoms with Crippen LogP contribution >= 0.6 is 7.26 Å². The van der Waals surface area contributed by atoms with E-state index in [-0.39, 0.29) is 5.97 Å². The fourth-order valence-corrected chi connectivity index (χ4v) is 10.1. The van der Waals surface area contributed by atoms with Crippen molar-refractivity contribution in [3.8, 4) is 0 Å². The van der Waals surface area contributed by atoms with Crippen molar-refractivity contribution in [1.82, 2.24) is 0 Å². The van der Waals surface area contributed by atoms with Gasteiger partial charge in [-0.3, -0.25) is 0 Å². The third kappa shape index (κ3) is 21.4. The van der Waals surface area contributed by atoms with Crippen molar-refractivity contribution in [3.05, 3.63) is 12.2 Å². The highest BCUT2D eigenvalue weighted by Crippen LogP contribution is 2.61. The van der Waals surface area contributed by atoms with Gasteiger partial charge in [0.1, 0.15) is 0 Å². The van der Waals surface area contributed by atoms with Gasteiger partial charge in [-0.25, -0.2) is 4.79 Å². The molecule has 0 aromatic rings. The summed E-state index contributed by atoms with van der Waals surface area (Å²) < 4.78 is 5.40. The van der Waals surface area contributed by atoms with E-state index in [0.717, 1.165) is 6.42 Å². The van der Waals surface area contributed by atoms with Crippen LogP contribution in [-0.2, 0) is 9.53 Å². The van der Waals surface area contributed by atoms with Gasteiger partial charge in [-0.15, -0.1) is 0 Å². The molecule has 208 valence electrons. The van der Waals surface area contributed by atoms with E-state index in [9.17, 15) is 4.79 Å². The molecule has 0 aromatic heterocycles. The fraction of sp³-hybridized carbons (Fsp3) is 0.906. The monoisotopic (exact) mass is 511 g/mol. The average Bonchev–Trinajstić information content (AvgIpc) is 2.85. The van der Waals surface area contributed by atoms with Gasteiger partial charge in [0.05, 0.1) is 31.3 Å². The number of unbranched alkanes of at least 4 members (excludes halogenated alkanes) is 16. The zero-order chi connectivity index (χ0) is 26.0. The lowest BCUT2D eigenvalue weighted by atomic mass is 10.1. The van der Waals surface area contributed by atoms with Crippen LogP contribution in [0.2, 0.25) is 0 Å². The second-order valence-corrected chi connectivity index (χ2v) is 15.6. The summed E-state index contributed by atoms with van der Waals surface area (Å²) in [6, 6.07) is 0. The van der Waals surface area contributed by atoms with Crippen molar-refractivity contribution in [2.75, 3.05) is 31.3 Å². The lowest BCUT2D eigenvalue weighted by Crippen LogP contribution is -2.14. The summed E-state index contributed by atoms with van der Waals surface area (Å²) in [6.07, 6.45) is 33.7. The van der Waals surface area contributed by atoms with Gasteiger partial charge in [-0.2, -0.15) is 0 Å². The normalized spacial score (nSPS) is 11.7. The second kappa shape index (κ2) is 25.3. The van der Waals surface area contributed by atoms with Gasteiger partial charge < -0.3 is 4.74 Å². The molecule has 0 atom stereocenters. The molecule has 0 bridgehead atoms. The molecule has 0 aliphatic carbocycles. The molecule has 3 heteroatoms. The van der Waals surface area contributed by atoms with Crippen LogP contribution < -0.4 is 0 Å². The molecule has 0 aromatic carbocycles. The van der Waals surface area contributed by atoms with E-state index in [0.29, 0.717) is 12.2 Å². The number of rotatable bonds is 27. The lowest BCUT2D eigenvalue weighted by Gasteiger charge is -2.28. The number of hydrogen-bond acceptors (Lipinski definition) is 2. The summed E-state index contributed by atoms with van der Waals surface area (Å²) in [7, 11) is -0.904. The van der Waals surface area contributed by atoms with Gasteiger partial charge in [-0.05, 0) is 58.3 Å². The summed E-state index contributed by atoms with van der Waals surface area (Å²) >= 11 is 0. The van der Waals surface area contributed by atoms with Gasteiger partial charge in [0.2, 0.25) is 0 Å². The summed E-state index contributed by atoms with van der Waals surface area (Å²) in [5.41, 5.74) is 0.515. The van der Waals surface area contributed by atoms with E-state index in [4.69, 9.17) is 4.74 Å². The molecular formula is C32H64O2P+. The molecule has 0 N–H and O–H groups in total. The first-order valence-electron chi connectivity index (χ1n) is 15.7. The zero-order valence-corrected chi connectivity index (χ0v) is 25.5. The van der Waals surface area contributed by atoms with Crippen molar-refractivity contribution in [2.45, 2.75) is 156 Å². The third-order valence-electron chi connectivity index (χ3n) is 7.57. The topological polar surface area (TPSA) is 26.3 Å². The Balaban J connectivity index is 4.88. The summed E-state index contributed by atoms with van der Waals surface area (Å²) in [5, 5.41) is 0. The highest BCUT2D eigenvalue weighted by Gasteiger charge is 2.35. The summed E-state index contributed by atoms with van der Waals surface area (Å²) in [4.78, 5) is 11.7. The van der Waals surface area contributed by atoms with Crippen molar-refractivity contribution >= 4 is 13.2 Å². The van der Waals surface area contributed by atoms with Gasteiger partial charge in [0, 0.05) is 12.8 Å². The van der Waals surface area contributed by atoms with Crippen LogP contribution in [0, 0.1) is 0 Å². The fourth-order valence-electron chi connectivity index (χ4n) is 5.19. The minimum atomic E-state index is -0.904. The SMILES string of the molecule is C=C(C)C(=O)OCCCC[P+](CCCCCCCC)(CCCCCCCC)CCCCCCCC. The molecule has 0 saturated heterocycles. The lowest BCUT2D eigenvalue weighted by molar-refractivity contribution is -0.139. The van der Waals surface area contributed by atoms with Crippen LogP contribution in [0.1, 0.15) is 156 Å². The molecule has 0 spiro atoms. The van der Waals surface area contributed by atoms with Crippen LogP contribution in [0.15, 0.2) is 12.2 Å². The van der Waals surface area contributed by atoms with E-state index >= 15 is 0 Å². The summed E-state index contributed by atoms with van der Waals surface area (Å²) in [6.45, 7) is 12.9. The molecular weight excluding hydrogens is 447 g/mol. The van der Waals surface area contributed by atoms with E-state index in [1.807, 2.05) is 0 Å². The minimum absolute atomic E-state index is 0.225. The number of carbonyl (C=O) groups excluding carboxylic acids is 1.